The lowest BCUT2D eigenvalue weighted by molar-refractivity contribution is -0.130. The molecular weight excluding hydrogens is 348 g/mol. The number of hydrogen-bond donors (Lipinski definition) is 1. The van der Waals surface area contributed by atoms with Gasteiger partial charge in [-0.25, -0.2) is 0 Å². The lowest BCUT2D eigenvalue weighted by Gasteiger charge is -2.34. The molecule has 0 spiro atoms. The average Bonchev–Trinajstić information content (AvgIpc) is 2.46. The Bertz CT molecular complexity index is 507. The van der Waals surface area contributed by atoms with E-state index in [1.807, 2.05) is 17.9 Å². The molecule has 2 atom stereocenters. The smallest absolute Gasteiger partial charge is 0.232 e. The Morgan fingerprint density at radius 1 is 1.57 bits per heavy atom. The quantitative estimate of drug-likeness (QED) is 0.825. The first-order chi connectivity index (χ1) is 9.97. The second kappa shape index (κ2) is 7.65. The van der Waals surface area contributed by atoms with Gasteiger partial charge in [0.1, 0.15) is 0 Å². The first kappa shape index (κ1) is 16.8. The standard InChI is InChI=1S/C16H23BrN2OS/c1-11-8-14(17)5-6-15(11)21-10-16(20)19-7-3-4-13(9-19)12(2)18/h5-6,8,12-13H,3-4,7,9-10,18H2,1-2H3. The third-order valence-corrected chi connectivity index (χ3v) is 5.70. The van der Waals surface area contributed by atoms with Crippen molar-refractivity contribution in [3.8, 4) is 0 Å². The molecule has 1 aromatic carbocycles. The zero-order valence-electron chi connectivity index (χ0n) is 12.6. The molecule has 116 valence electrons. The molecule has 1 saturated heterocycles. The van der Waals surface area contributed by atoms with Gasteiger partial charge in [-0.15, -0.1) is 11.8 Å². The number of hydrogen-bond acceptors (Lipinski definition) is 3. The Kier molecular flexibility index (Phi) is 6.14. The highest BCUT2D eigenvalue weighted by atomic mass is 79.9. The van der Waals surface area contributed by atoms with E-state index in [0.717, 1.165) is 30.4 Å². The Labute approximate surface area is 139 Å². The van der Waals surface area contributed by atoms with Crippen LogP contribution in [0.1, 0.15) is 25.3 Å². The van der Waals surface area contributed by atoms with Crippen molar-refractivity contribution in [1.29, 1.82) is 0 Å². The maximum Gasteiger partial charge on any atom is 0.232 e. The summed E-state index contributed by atoms with van der Waals surface area (Å²) in [5.41, 5.74) is 7.18. The molecular formula is C16H23BrN2OS. The molecule has 1 fully saturated rings. The van der Waals surface area contributed by atoms with E-state index in [-0.39, 0.29) is 11.9 Å². The number of carbonyl (C=O) groups excluding carboxylic acids is 1. The van der Waals surface area contributed by atoms with Crippen molar-refractivity contribution >= 4 is 33.6 Å². The predicted molar refractivity (Wildman–Crippen MR) is 92.6 cm³/mol. The molecule has 0 bridgehead atoms. The number of amides is 1. The van der Waals surface area contributed by atoms with Gasteiger partial charge in [-0.1, -0.05) is 15.9 Å². The second-order valence-electron chi connectivity index (χ2n) is 5.80. The van der Waals surface area contributed by atoms with Crippen LogP contribution >= 0.6 is 27.7 Å². The highest BCUT2D eigenvalue weighted by Gasteiger charge is 2.25. The van der Waals surface area contributed by atoms with E-state index < -0.39 is 0 Å². The molecule has 1 amide bonds. The van der Waals surface area contributed by atoms with E-state index in [0.29, 0.717) is 11.7 Å². The molecule has 2 rings (SSSR count). The van der Waals surface area contributed by atoms with Gasteiger partial charge in [0.25, 0.3) is 0 Å². The monoisotopic (exact) mass is 370 g/mol. The molecule has 5 heteroatoms. The molecule has 0 aromatic heterocycles. The minimum atomic E-state index is 0.168. The van der Waals surface area contributed by atoms with Gasteiger partial charge >= 0.3 is 0 Å². The summed E-state index contributed by atoms with van der Waals surface area (Å²) in [7, 11) is 0. The van der Waals surface area contributed by atoms with Crippen LogP contribution in [0.4, 0.5) is 0 Å². The van der Waals surface area contributed by atoms with Crippen molar-refractivity contribution in [1.82, 2.24) is 4.90 Å². The fraction of sp³-hybridized carbons (Fsp3) is 0.562. The number of halogens is 1. The number of thioether (sulfide) groups is 1. The molecule has 1 aliphatic heterocycles. The predicted octanol–water partition coefficient (Wildman–Crippen LogP) is 3.44. The van der Waals surface area contributed by atoms with Crippen LogP contribution in [0.3, 0.4) is 0 Å². The van der Waals surface area contributed by atoms with Crippen molar-refractivity contribution < 1.29 is 4.79 Å². The van der Waals surface area contributed by atoms with Crippen molar-refractivity contribution in [2.45, 2.75) is 37.6 Å². The summed E-state index contributed by atoms with van der Waals surface area (Å²) in [5, 5.41) is 0. The summed E-state index contributed by atoms with van der Waals surface area (Å²) in [6, 6.07) is 6.34. The van der Waals surface area contributed by atoms with E-state index in [1.54, 1.807) is 11.8 Å². The van der Waals surface area contributed by atoms with Crippen LogP contribution in [-0.4, -0.2) is 35.7 Å². The first-order valence-electron chi connectivity index (χ1n) is 7.39. The van der Waals surface area contributed by atoms with Gasteiger partial charge in [0.15, 0.2) is 0 Å². The van der Waals surface area contributed by atoms with Crippen LogP contribution in [0.15, 0.2) is 27.6 Å². The Hall–Kier alpha value is -0.520. The third-order valence-electron chi connectivity index (χ3n) is 4.04. The Morgan fingerprint density at radius 2 is 2.33 bits per heavy atom. The summed E-state index contributed by atoms with van der Waals surface area (Å²) in [6.45, 7) is 5.81. The van der Waals surface area contributed by atoms with Gasteiger partial charge in [-0.05, 0) is 56.4 Å². The topological polar surface area (TPSA) is 46.3 Å². The maximum absolute atomic E-state index is 12.4. The molecule has 0 radical (unpaired) electrons. The Morgan fingerprint density at radius 3 is 3.00 bits per heavy atom. The minimum Gasteiger partial charge on any atom is -0.342 e. The summed E-state index contributed by atoms with van der Waals surface area (Å²) in [6.07, 6.45) is 2.21. The third kappa shape index (κ3) is 4.73. The lowest BCUT2D eigenvalue weighted by atomic mass is 9.92. The summed E-state index contributed by atoms with van der Waals surface area (Å²) in [5.74, 6) is 1.18. The minimum absolute atomic E-state index is 0.168. The Balaban J connectivity index is 1.89. The molecule has 0 saturated carbocycles. The number of carbonyl (C=O) groups is 1. The summed E-state index contributed by atoms with van der Waals surface area (Å²) >= 11 is 5.09. The number of nitrogens with two attached hydrogens (primary N) is 1. The lowest BCUT2D eigenvalue weighted by Crippen LogP contribution is -2.45. The number of rotatable bonds is 4. The van der Waals surface area contributed by atoms with E-state index in [1.165, 1.54) is 10.5 Å². The van der Waals surface area contributed by atoms with Gasteiger partial charge in [-0.2, -0.15) is 0 Å². The fourth-order valence-corrected chi connectivity index (χ4v) is 4.06. The van der Waals surface area contributed by atoms with Crippen LogP contribution in [0, 0.1) is 12.8 Å². The van der Waals surface area contributed by atoms with Gasteiger partial charge in [-0.3, -0.25) is 4.79 Å². The van der Waals surface area contributed by atoms with Crippen LogP contribution in [0.5, 0.6) is 0 Å². The van der Waals surface area contributed by atoms with Crippen LogP contribution in [0.2, 0.25) is 0 Å². The van der Waals surface area contributed by atoms with Crippen LogP contribution in [-0.2, 0) is 4.79 Å². The fourth-order valence-electron chi connectivity index (χ4n) is 2.67. The molecule has 1 aliphatic rings. The zero-order valence-corrected chi connectivity index (χ0v) is 15.0. The van der Waals surface area contributed by atoms with E-state index in [2.05, 4.69) is 35.0 Å². The SMILES string of the molecule is Cc1cc(Br)ccc1SCC(=O)N1CCCC(C(C)N)C1. The number of nitrogens with zero attached hydrogens (tertiary/aromatic N) is 1. The van der Waals surface area contributed by atoms with Gasteiger partial charge in [0.05, 0.1) is 5.75 Å². The van der Waals surface area contributed by atoms with E-state index in [4.69, 9.17) is 5.73 Å². The maximum atomic E-state index is 12.4. The van der Waals surface area contributed by atoms with Gasteiger partial charge in [0, 0.05) is 28.5 Å². The summed E-state index contributed by atoms with van der Waals surface area (Å²) < 4.78 is 1.08. The van der Waals surface area contributed by atoms with Crippen molar-refractivity contribution in [2.24, 2.45) is 11.7 Å². The van der Waals surface area contributed by atoms with Crippen molar-refractivity contribution in [2.75, 3.05) is 18.8 Å². The average molecular weight is 371 g/mol. The summed E-state index contributed by atoms with van der Waals surface area (Å²) in [4.78, 5) is 15.5. The van der Waals surface area contributed by atoms with E-state index >= 15 is 0 Å². The normalized spacial score (nSPS) is 20.4. The molecule has 1 heterocycles. The molecule has 2 unspecified atom stereocenters. The molecule has 1 aromatic rings. The number of piperidine rings is 1. The molecule has 0 aliphatic carbocycles. The van der Waals surface area contributed by atoms with Crippen molar-refractivity contribution in [3.05, 3.63) is 28.2 Å². The van der Waals surface area contributed by atoms with Crippen LogP contribution in [0.25, 0.3) is 0 Å². The second-order valence-corrected chi connectivity index (χ2v) is 7.73. The highest BCUT2D eigenvalue weighted by molar-refractivity contribution is 9.10. The van der Waals surface area contributed by atoms with Crippen molar-refractivity contribution in [3.63, 3.8) is 0 Å². The molecule has 21 heavy (non-hydrogen) atoms. The van der Waals surface area contributed by atoms with E-state index in [9.17, 15) is 4.79 Å². The number of aryl methyl sites for hydroxylation is 1. The van der Waals surface area contributed by atoms with Gasteiger partial charge < -0.3 is 10.6 Å². The first-order valence-corrected chi connectivity index (χ1v) is 9.17. The molecule has 3 nitrogen and oxygen atoms in total. The number of likely N-dealkylation sites (tertiary alicyclic amines) is 1. The number of benzene rings is 1. The van der Waals surface area contributed by atoms with Crippen LogP contribution < -0.4 is 5.73 Å². The largest absolute Gasteiger partial charge is 0.342 e. The van der Waals surface area contributed by atoms with Gasteiger partial charge in [0.2, 0.25) is 5.91 Å². The highest BCUT2D eigenvalue weighted by Crippen LogP contribution is 2.26. The molecule has 2 N–H and O–H groups in total. The zero-order chi connectivity index (χ0) is 15.4.